The smallest absolute Gasteiger partial charge is 0.347 e. The lowest BCUT2D eigenvalue weighted by molar-refractivity contribution is 0.0382. The Hall–Kier alpha value is -11.4. The van der Waals surface area contributed by atoms with Gasteiger partial charge in [-0.2, -0.15) is 0 Å². The summed E-state index contributed by atoms with van der Waals surface area (Å²) in [5.41, 5.74) is 13.9. The Morgan fingerprint density at radius 1 is 0.402 bits per heavy atom. The molecular formula is C89H86O13. The highest BCUT2D eigenvalue weighted by Crippen LogP contribution is 2.40. The van der Waals surface area contributed by atoms with Gasteiger partial charge in [-0.3, -0.25) is 4.79 Å². The molecule has 520 valence electrons. The van der Waals surface area contributed by atoms with Crippen molar-refractivity contribution in [2.75, 3.05) is 28.4 Å². The van der Waals surface area contributed by atoms with Gasteiger partial charge < -0.3 is 47.5 Å². The summed E-state index contributed by atoms with van der Waals surface area (Å²) >= 11 is 0. The third kappa shape index (κ3) is 15.3. The van der Waals surface area contributed by atoms with Gasteiger partial charge in [0.1, 0.15) is 51.0 Å². The summed E-state index contributed by atoms with van der Waals surface area (Å²) in [5, 5.41) is 39.7. The molecule has 1 atom stereocenters. The fourth-order valence-electron chi connectivity index (χ4n) is 14.0. The van der Waals surface area contributed by atoms with Gasteiger partial charge in [-0.15, -0.1) is 0 Å². The van der Waals surface area contributed by atoms with E-state index in [9.17, 15) is 29.7 Å². The van der Waals surface area contributed by atoms with Gasteiger partial charge in [-0.1, -0.05) is 152 Å². The van der Waals surface area contributed by atoms with Crippen LogP contribution in [0.2, 0.25) is 0 Å². The van der Waals surface area contributed by atoms with Crippen molar-refractivity contribution in [3.63, 3.8) is 0 Å². The number of Topliss-reactive ketones (excluding diaryl/α,β-unsaturated/α-hetero) is 1. The fraction of sp³-hybridized carbons (Fsp3) is 0.225. The number of phenolic OH excluding ortho intramolecular Hbond substituents is 1. The van der Waals surface area contributed by atoms with Crippen LogP contribution < -0.4 is 30.2 Å². The molecule has 13 heteroatoms. The molecule has 0 amide bonds. The van der Waals surface area contributed by atoms with Gasteiger partial charge in [0.05, 0.1) is 57.1 Å². The molecule has 0 saturated heterocycles. The van der Waals surface area contributed by atoms with E-state index in [4.69, 9.17) is 32.2 Å². The maximum Gasteiger partial charge on any atom is 0.347 e. The Morgan fingerprint density at radius 2 is 0.863 bits per heavy atom. The SMILES string of the molecule is COc1cccc2c(C)cccc12.COc1cccc2c1CCC=C2C.COc1cccc2c1CCCC2(C)O.COc1cccc2c1CCCC2=O.Cc1cccc2c(O)cccc12.Cc1cccc2c1ccc1c(O)cc(=O)oc12.Cc1cccc2c1ccc1c3occ(C)c3c(=O)oc21. The summed E-state index contributed by atoms with van der Waals surface area (Å²) in [6, 6.07) is 62.3. The molecule has 3 heterocycles. The van der Waals surface area contributed by atoms with Gasteiger partial charge in [-0.25, -0.2) is 9.59 Å². The second-order valence-corrected chi connectivity index (χ2v) is 26.1. The second kappa shape index (κ2) is 31.8. The number of ether oxygens (including phenoxy) is 4. The van der Waals surface area contributed by atoms with E-state index >= 15 is 0 Å². The lowest BCUT2D eigenvalue weighted by atomic mass is 9.80. The van der Waals surface area contributed by atoms with E-state index in [0.29, 0.717) is 39.7 Å². The molecule has 0 radical (unpaired) electrons. The summed E-state index contributed by atoms with van der Waals surface area (Å²) in [6.45, 7) is 14.1. The number of furan rings is 1. The average Bonchev–Trinajstić information content (AvgIpc) is 1.42. The number of rotatable bonds is 4. The summed E-state index contributed by atoms with van der Waals surface area (Å²) in [6.07, 6.45) is 11.6. The van der Waals surface area contributed by atoms with E-state index in [1.54, 1.807) is 46.8 Å². The zero-order valence-electron chi connectivity index (χ0n) is 59.7. The average molecular weight is 1360 g/mol. The molecule has 0 aliphatic heterocycles. The van der Waals surface area contributed by atoms with Gasteiger partial charge in [0, 0.05) is 55.8 Å². The number of aromatic hydroxyl groups is 2. The topological polar surface area (TPSA) is 188 Å². The monoisotopic (exact) mass is 1360 g/mol. The first-order valence-electron chi connectivity index (χ1n) is 34.3. The molecule has 11 aromatic carbocycles. The number of ketones is 1. The van der Waals surface area contributed by atoms with Crippen LogP contribution in [0, 0.1) is 34.6 Å². The fourth-order valence-corrected chi connectivity index (χ4v) is 14.0. The molecule has 13 nitrogen and oxygen atoms in total. The number of hydrogen-bond acceptors (Lipinski definition) is 13. The minimum atomic E-state index is -0.678. The van der Waals surface area contributed by atoms with E-state index in [1.807, 2.05) is 174 Å². The summed E-state index contributed by atoms with van der Waals surface area (Å²) in [7, 11) is 6.77. The summed E-state index contributed by atoms with van der Waals surface area (Å²) in [5.74, 6) is 4.30. The van der Waals surface area contributed by atoms with Crippen LogP contribution in [-0.2, 0) is 24.9 Å². The van der Waals surface area contributed by atoms with Gasteiger partial charge in [0.15, 0.2) is 11.4 Å². The van der Waals surface area contributed by atoms with E-state index < -0.39 is 11.2 Å². The van der Waals surface area contributed by atoms with Crippen LogP contribution in [0.1, 0.15) is 112 Å². The van der Waals surface area contributed by atoms with Crippen molar-refractivity contribution >= 4 is 87.4 Å². The van der Waals surface area contributed by atoms with Crippen LogP contribution in [-0.4, -0.2) is 49.5 Å². The number of carbonyl (C=O) groups is 1. The molecule has 3 aromatic heterocycles. The minimum absolute atomic E-state index is 0.0420. The summed E-state index contributed by atoms with van der Waals surface area (Å²) < 4.78 is 37.4. The third-order valence-corrected chi connectivity index (χ3v) is 19.4. The number of carbonyl (C=O) groups excluding carboxylic acids is 1. The van der Waals surface area contributed by atoms with Gasteiger partial charge >= 0.3 is 11.3 Å². The van der Waals surface area contributed by atoms with Crippen molar-refractivity contribution in [2.24, 2.45) is 0 Å². The van der Waals surface area contributed by atoms with Crippen molar-refractivity contribution in [3.8, 4) is 34.5 Å². The first-order valence-corrected chi connectivity index (χ1v) is 34.3. The molecule has 3 aliphatic carbocycles. The molecule has 0 fully saturated rings. The maximum atomic E-state index is 12.2. The second-order valence-electron chi connectivity index (χ2n) is 26.1. The highest BCUT2D eigenvalue weighted by atomic mass is 16.5. The molecule has 0 spiro atoms. The molecule has 14 aromatic rings. The molecule has 3 aliphatic rings. The highest BCUT2D eigenvalue weighted by molar-refractivity contribution is 6.13. The van der Waals surface area contributed by atoms with E-state index in [-0.39, 0.29) is 17.2 Å². The standard InChI is InChI=1S/C17H12O3.C14H10O3.C12H16O2.C12H14O.C12H12O.C11H12O2.C11H10O/c1-9-4-3-5-12-11(9)6-7-13-15(12)20-17(18)14-10(2)8-19-16(13)14;1-8-3-2-4-10-9(8)5-6-11-12(15)7-13(16)17-14(10)11;1-12(13)8-4-5-9-10(12)6-3-7-11(9)14-2;2*1-9-5-3-7-11-10(9)6-4-8-12(11)13-2;1-13-11-7-3-4-8-9(11)5-2-6-10(8)12;1-8-4-2-6-10-9(8)5-3-7-11(10)12/h3-8H,1-2H3;2-7,15H,1H3;3,6-7,13H,4-5,8H2,1-2H3;4-6,8H,3,7H2,1-2H3;3-8H,1-2H3;3-4,7H,2,5-6H2,1H3;2-7,12H,1H3. The number of benzene rings is 11. The van der Waals surface area contributed by atoms with Crippen LogP contribution in [0.5, 0.6) is 34.5 Å². The Bertz CT molecular complexity index is 5520. The number of allylic oxidation sites excluding steroid dienone is 2. The van der Waals surface area contributed by atoms with Crippen molar-refractivity contribution in [1.82, 2.24) is 0 Å². The van der Waals surface area contributed by atoms with E-state index in [1.165, 1.54) is 44.2 Å². The first kappa shape index (κ1) is 71.9. The Kier molecular flexibility index (Phi) is 22.4. The van der Waals surface area contributed by atoms with Crippen molar-refractivity contribution in [2.45, 2.75) is 105 Å². The number of methoxy groups -OCH3 is 4. The van der Waals surface area contributed by atoms with Crippen LogP contribution >= 0.6 is 0 Å². The predicted molar refractivity (Wildman–Crippen MR) is 412 cm³/mol. The minimum Gasteiger partial charge on any atom is -0.507 e. The lowest BCUT2D eigenvalue weighted by Gasteiger charge is -2.31. The lowest BCUT2D eigenvalue weighted by Crippen LogP contribution is -2.27. The van der Waals surface area contributed by atoms with Crippen molar-refractivity contribution in [3.05, 3.63) is 289 Å². The molecule has 0 saturated carbocycles. The molecule has 3 N–H and O–H groups in total. The predicted octanol–water partition coefficient (Wildman–Crippen LogP) is 20.8. The third-order valence-electron chi connectivity index (χ3n) is 19.4. The van der Waals surface area contributed by atoms with Crippen molar-refractivity contribution in [1.29, 1.82) is 0 Å². The zero-order valence-corrected chi connectivity index (χ0v) is 59.7. The van der Waals surface area contributed by atoms with E-state index in [0.717, 1.165) is 145 Å². The van der Waals surface area contributed by atoms with Gasteiger partial charge in [0.25, 0.3) is 0 Å². The quantitative estimate of drug-likeness (QED) is 0.112. The van der Waals surface area contributed by atoms with Crippen molar-refractivity contribution < 1.29 is 52.3 Å². The number of aryl methyl sites for hydroxylation is 5. The van der Waals surface area contributed by atoms with E-state index in [2.05, 4.69) is 56.3 Å². The Morgan fingerprint density at radius 3 is 1.47 bits per heavy atom. The van der Waals surface area contributed by atoms with Crippen LogP contribution in [0.25, 0.3) is 81.6 Å². The molecule has 0 bridgehead atoms. The normalized spacial score (nSPS) is 14.0. The Labute approximate surface area is 593 Å². The van der Waals surface area contributed by atoms with Gasteiger partial charge in [0.2, 0.25) is 0 Å². The Balaban J connectivity index is 0.000000120. The molecular weight excluding hydrogens is 1280 g/mol. The molecule has 102 heavy (non-hydrogen) atoms. The van der Waals surface area contributed by atoms with Crippen LogP contribution in [0.15, 0.2) is 229 Å². The number of phenols is 1. The van der Waals surface area contributed by atoms with Gasteiger partial charge in [-0.05, 0) is 196 Å². The van der Waals surface area contributed by atoms with Crippen LogP contribution in [0.3, 0.4) is 0 Å². The summed E-state index contributed by atoms with van der Waals surface area (Å²) in [4.78, 5) is 35.0. The number of fused-ring (bicyclic) bond motifs is 13. The highest BCUT2D eigenvalue weighted by Gasteiger charge is 2.31. The molecule has 17 rings (SSSR count). The van der Waals surface area contributed by atoms with Crippen LogP contribution in [0.4, 0.5) is 0 Å². The number of hydrogen-bond donors (Lipinski definition) is 3. The maximum absolute atomic E-state index is 12.2. The largest absolute Gasteiger partial charge is 0.507 e. The molecule has 1 unspecified atom stereocenters. The zero-order chi connectivity index (χ0) is 72.4. The first-order chi connectivity index (χ1) is 49.2. The number of aliphatic hydroxyl groups is 1.